The normalized spacial score (nSPS) is 23.6. The molecule has 1 saturated heterocycles. The van der Waals surface area contributed by atoms with Gasteiger partial charge < -0.3 is 5.32 Å². The predicted molar refractivity (Wildman–Crippen MR) is 59.3 cm³/mol. The molecule has 1 heterocycles. The van der Waals surface area contributed by atoms with Crippen molar-refractivity contribution in [3.8, 4) is 0 Å². The van der Waals surface area contributed by atoms with Crippen molar-refractivity contribution in [2.24, 2.45) is 5.92 Å². The summed E-state index contributed by atoms with van der Waals surface area (Å²) in [6, 6.07) is 8.28. The van der Waals surface area contributed by atoms with E-state index in [1.807, 2.05) is 12.1 Å². The highest BCUT2D eigenvalue weighted by molar-refractivity contribution is 5.92. The van der Waals surface area contributed by atoms with Gasteiger partial charge >= 0.3 is 0 Å². The maximum Gasteiger partial charge on any atom is 0.143 e. The summed E-state index contributed by atoms with van der Waals surface area (Å²) in [7, 11) is 0. The van der Waals surface area contributed by atoms with Crippen molar-refractivity contribution in [2.45, 2.75) is 12.8 Å². The van der Waals surface area contributed by atoms with Crippen LogP contribution in [0.5, 0.6) is 0 Å². The zero-order chi connectivity index (χ0) is 10.3. The third kappa shape index (κ3) is 1.29. The van der Waals surface area contributed by atoms with Crippen molar-refractivity contribution in [3.63, 3.8) is 0 Å². The van der Waals surface area contributed by atoms with Gasteiger partial charge in [-0.3, -0.25) is 4.79 Å². The van der Waals surface area contributed by atoms with Gasteiger partial charge in [0.05, 0.1) is 5.92 Å². The van der Waals surface area contributed by atoms with Gasteiger partial charge in [-0.2, -0.15) is 0 Å². The van der Waals surface area contributed by atoms with E-state index >= 15 is 0 Å². The molecule has 1 aromatic carbocycles. The molecule has 1 atom stereocenters. The van der Waals surface area contributed by atoms with E-state index in [1.54, 1.807) is 0 Å². The van der Waals surface area contributed by atoms with Gasteiger partial charge in [0.2, 0.25) is 0 Å². The van der Waals surface area contributed by atoms with Crippen LogP contribution in [0.15, 0.2) is 24.3 Å². The number of Topliss-reactive ketones (excluding diaryl/α,β-unsaturated/α-hetero) is 1. The summed E-state index contributed by atoms with van der Waals surface area (Å²) < 4.78 is 0. The largest absolute Gasteiger partial charge is 0.387 e. The Bertz CT molecular complexity index is 530. The predicted octanol–water partition coefficient (Wildman–Crippen LogP) is 0.158. The molecule has 0 spiro atoms. The molecule has 2 heteroatoms. The summed E-state index contributed by atoms with van der Waals surface area (Å²) in [4.78, 5) is 11.8. The molecule has 1 unspecified atom stereocenters. The van der Waals surface area contributed by atoms with E-state index in [9.17, 15) is 4.79 Å². The molecule has 15 heavy (non-hydrogen) atoms. The van der Waals surface area contributed by atoms with E-state index < -0.39 is 0 Å². The molecule has 1 N–H and O–H groups in total. The zero-order valence-corrected chi connectivity index (χ0v) is 8.49. The lowest BCUT2D eigenvalue weighted by molar-refractivity contribution is -0.121. The fraction of sp³-hybridized carbons (Fsp3) is 0.308. The maximum absolute atomic E-state index is 11.8. The highest BCUT2D eigenvalue weighted by Gasteiger charge is 2.27. The number of fused-ring (bicyclic) bond motifs is 2. The van der Waals surface area contributed by atoms with Gasteiger partial charge in [0.15, 0.2) is 0 Å². The molecule has 0 amide bonds. The summed E-state index contributed by atoms with van der Waals surface area (Å²) in [6.45, 7) is 0.791. The molecule has 2 aliphatic rings. The summed E-state index contributed by atoms with van der Waals surface area (Å²) in [5.41, 5.74) is 1.14. The first kappa shape index (κ1) is 8.72. The molecular weight excluding hydrogens is 186 g/mol. The van der Waals surface area contributed by atoms with E-state index in [-0.39, 0.29) is 5.92 Å². The Morgan fingerprint density at radius 2 is 2.13 bits per heavy atom. The lowest BCUT2D eigenvalue weighted by atomic mass is 9.86. The van der Waals surface area contributed by atoms with E-state index in [0.29, 0.717) is 12.2 Å². The minimum atomic E-state index is 0.0913. The Labute approximate surface area is 88.3 Å². The van der Waals surface area contributed by atoms with Crippen molar-refractivity contribution < 1.29 is 4.79 Å². The van der Waals surface area contributed by atoms with Crippen molar-refractivity contribution in [1.29, 1.82) is 0 Å². The van der Waals surface area contributed by atoms with Gasteiger partial charge in [-0.15, -0.1) is 0 Å². The molecule has 0 aromatic heterocycles. The second-order valence-corrected chi connectivity index (χ2v) is 4.14. The van der Waals surface area contributed by atoms with Crippen LogP contribution in [0.25, 0.3) is 11.8 Å². The molecule has 1 aromatic rings. The number of hydrogen-bond donors (Lipinski definition) is 1. The van der Waals surface area contributed by atoms with Crippen LogP contribution in [0.4, 0.5) is 0 Å². The SMILES string of the molecule is O=C1CCNC2=c3ccccc3=CCC12. The van der Waals surface area contributed by atoms with Crippen LogP contribution in [-0.2, 0) is 4.79 Å². The average molecular weight is 199 g/mol. The molecule has 1 aliphatic heterocycles. The minimum Gasteiger partial charge on any atom is -0.387 e. The van der Waals surface area contributed by atoms with Crippen LogP contribution in [-0.4, -0.2) is 12.3 Å². The van der Waals surface area contributed by atoms with E-state index in [2.05, 4.69) is 23.5 Å². The standard InChI is InChI=1S/C13H13NO/c15-12-7-8-14-13-10-4-2-1-3-9(10)5-6-11(12)13/h1-5,11,14H,6-8H2. The summed E-state index contributed by atoms with van der Waals surface area (Å²) in [5, 5.41) is 5.85. The van der Waals surface area contributed by atoms with Crippen molar-refractivity contribution in [1.82, 2.24) is 5.32 Å². The summed E-state index contributed by atoms with van der Waals surface area (Å²) in [6.07, 6.45) is 3.71. The molecule has 1 fully saturated rings. The molecule has 76 valence electrons. The molecule has 0 saturated carbocycles. The second kappa shape index (κ2) is 3.23. The van der Waals surface area contributed by atoms with Gasteiger partial charge in [0.25, 0.3) is 0 Å². The third-order valence-corrected chi connectivity index (χ3v) is 3.25. The smallest absolute Gasteiger partial charge is 0.143 e. The first-order chi connectivity index (χ1) is 7.36. The number of hydrogen-bond acceptors (Lipinski definition) is 2. The van der Waals surface area contributed by atoms with Crippen molar-refractivity contribution in [3.05, 3.63) is 34.7 Å². The zero-order valence-electron chi connectivity index (χ0n) is 8.49. The highest BCUT2D eigenvalue weighted by Crippen LogP contribution is 2.21. The monoisotopic (exact) mass is 199 g/mol. The van der Waals surface area contributed by atoms with Crippen LogP contribution in [0.2, 0.25) is 0 Å². The Balaban J connectivity index is 2.29. The number of rotatable bonds is 0. The molecule has 3 rings (SSSR count). The van der Waals surface area contributed by atoms with Crippen molar-refractivity contribution >= 4 is 17.6 Å². The number of carbonyl (C=O) groups excluding carboxylic acids is 1. The lowest BCUT2D eigenvalue weighted by Gasteiger charge is -2.27. The second-order valence-electron chi connectivity index (χ2n) is 4.14. The quantitative estimate of drug-likeness (QED) is 0.645. The topological polar surface area (TPSA) is 29.1 Å². The van der Waals surface area contributed by atoms with Gasteiger partial charge in [-0.25, -0.2) is 0 Å². The molecule has 2 nitrogen and oxygen atoms in total. The van der Waals surface area contributed by atoms with Gasteiger partial charge in [-0.05, 0) is 11.6 Å². The average Bonchev–Trinajstić information content (AvgIpc) is 2.29. The third-order valence-electron chi connectivity index (χ3n) is 3.25. The van der Waals surface area contributed by atoms with Crippen LogP contribution >= 0.6 is 0 Å². The Hall–Kier alpha value is -1.57. The first-order valence-electron chi connectivity index (χ1n) is 5.42. The fourth-order valence-electron chi connectivity index (χ4n) is 2.48. The first-order valence-corrected chi connectivity index (χ1v) is 5.42. The van der Waals surface area contributed by atoms with Crippen LogP contribution in [0, 0.1) is 5.92 Å². The van der Waals surface area contributed by atoms with Crippen LogP contribution in [0.3, 0.4) is 0 Å². The van der Waals surface area contributed by atoms with Crippen molar-refractivity contribution in [2.75, 3.05) is 6.54 Å². The van der Waals surface area contributed by atoms with E-state index in [0.717, 1.165) is 18.7 Å². The fourth-order valence-corrected chi connectivity index (χ4v) is 2.48. The highest BCUT2D eigenvalue weighted by atomic mass is 16.1. The summed E-state index contributed by atoms with van der Waals surface area (Å²) in [5.74, 6) is 0.475. The Morgan fingerprint density at radius 1 is 1.27 bits per heavy atom. The van der Waals surface area contributed by atoms with E-state index in [1.165, 1.54) is 10.4 Å². The number of ketones is 1. The van der Waals surface area contributed by atoms with E-state index in [4.69, 9.17) is 0 Å². The van der Waals surface area contributed by atoms with Gasteiger partial charge in [0, 0.05) is 23.9 Å². The van der Waals surface area contributed by atoms with Gasteiger partial charge in [-0.1, -0.05) is 30.3 Å². The summed E-state index contributed by atoms with van der Waals surface area (Å²) >= 11 is 0. The molecule has 0 radical (unpaired) electrons. The maximum atomic E-state index is 11.8. The minimum absolute atomic E-state index is 0.0913. The molecule has 1 aliphatic carbocycles. The molecular formula is C13H13NO. The number of nitrogens with one attached hydrogen (secondary N) is 1. The lowest BCUT2D eigenvalue weighted by Crippen LogP contribution is -2.44. The number of piperidine rings is 1. The Morgan fingerprint density at radius 3 is 3.07 bits per heavy atom. The van der Waals surface area contributed by atoms with Gasteiger partial charge in [0.1, 0.15) is 5.78 Å². The number of carbonyl (C=O) groups is 1. The number of benzene rings is 1. The van der Waals surface area contributed by atoms with Crippen LogP contribution < -0.4 is 15.8 Å². The van der Waals surface area contributed by atoms with Crippen LogP contribution in [0.1, 0.15) is 12.8 Å². The Kier molecular flexibility index (Phi) is 1.88. The molecule has 0 bridgehead atoms.